The number of urea groups is 1. The molecule has 31 heavy (non-hydrogen) atoms. The molecule has 0 spiro atoms. The van der Waals surface area contributed by atoms with E-state index in [0.29, 0.717) is 12.6 Å². The van der Waals surface area contributed by atoms with Crippen LogP contribution < -0.4 is 20.7 Å². The molecule has 0 saturated heterocycles. The molecule has 0 heterocycles. The monoisotopic (exact) mass is 423 g/mol. The van der Waals surface area contributed by atoms with E-state index in [9.17, 15) is 9.59 Å². The Bertz CT molecular complexity index is 897. The molecule has 1 saturated carbocycles. The third-order valence-electron chi connectivity index (χ3n) is 5.56. The van der Waals surface area contributed by atoms with E-state index in [0.717, 1.165) is 46.5 Å². The molecule has 6 nitrogen and oxygen atoms in total. The summed E-state index contributed by atoms with van der Waals surface area (Å²) in [5.41, 5.74) is 4.92. The number of aryl methyl sites for hydroxylation is 3. The number of carbonyl (C=O) groups excluding carboxylic acids is 2. The first-order valence-corrected chi connectivity index (χ1v) is 11.1. The highest BCUT2D eigenvalue weighted by Crippen LogP contribution is 2.24. The van der Waals surface area contributed by atoms with Gasteiger partial charge in [0.2, 0.25) is 5.91 Å². The first kappa shape index (κ1) is 22.7. The van der Waals surface area contributed by atoms with Crippen LogP contribution >= 0.6 is 0 Å². The zero-order valence-electron chi connectivity index (χ0n) is 18.7. The fourth-order valence-corrected chi connectivity index (χ4v) is 4.07. The molecule has 0 aromatic heterocycles. The van der Waals surface area contributed by atoms with E-state index >= 15 is 0 Å². The number of hydrogen-bond donors (Lipinski definition) is 3. The molecular formula is C25H33N3O3. The zero-order chi connectivity index (χ0) is 22.2. The van der Waals surface area contributed by atoms with Crippen LogP contribution in [0.15, 0.2) is 36.4 Å². The number of anilines is 1. The van der Waals surface area contributed by atoms with E-state index in [-0.39, 0.29) is 18.5 Å². The summed E-state index contributed by atoms with van der Waals surface area (Å²) < 4.78 is 6.08. The normalized spacial score (nSPS) is 14.0. The van der Waals surface area contributed by atoms with Gasteiger partial charge in [-0.05, 0) is 75.3 Å². The summed E-state index contributed by atoms with van der Waals surface area (Å²) in [5.74, 6) is 0.586. The van der Waals surface area contributed by atoms with Crippen molar-refractivity contribution in [2.75, 3.05) is 11.9 Å². The number of amides is 3. The van der Waals surface area contributed by atoms with E-state index in [1.54, 1.807) is 0 Å². The largest absolute Gasteiger partial charge is 0.490 e. The van der Waals surface area contributed by atoms with Crippen LogP contribution in [0, 0.1) is 20.8 Å². The molecule has 0 unspecified atom stereocenters. The first-order valence-electron chi connectivity index (χ1n) is 11.1. The summed E-state index contributed by atoms with van der Waals surface area (Å²) >= 11 is 0. The average Bonchev–Trinajstić information content (AvgIpc) is 2.74. The van der Waals surface area contributed by atoms with Gasteiger partial charge in [0, 0.05) is 12.2 Å². The van der Waals surface area contributed by atoms with Crippen molar-refractivity contribution in [1.29, 1.82) is 0 Å². The predicted molar refractivity (Wildman–Crippen MR) is 123 cm³/mol. The van der Waals surface area contributed by atoms with Gasteiger partial charge in [-0.15, -0.1) is 0 Å². The fourth-order valence-electron chi connectivity index (χ4n) is 4.07. The van der Waals surface area contributed by atoms with Crippen LogP contribution in [0.1, 0.15) is 54.4 Å². The van der Waals surface area contributed by atoms with E-state index in [2.05, 4.69) is 16.0 Å². The van der Waals surface area contributed by atoms with Gasteiger partial charge in [0.05, 0.1) is 12.6 Å². The maximum absolute atomic E-state index is 12.2. The van der Waals surface area contributed by atoms with Crippen LogP contribution in [0.2, 0.25) is 0 Å². The third-order valence-corrected chi connectivity index (χ3v) is 5.56. The molecule has 2 aromatic carbocycles. The van der Waals surface area contributed by atoms with Crippen molar-refractivity contribution in [3.8, 4) is 5.75 Å². The Morgan fingerprint density at radius 2 is 1.68 bits per heavy atom. The van der Waals surface area contributed by atoms with Gasteiger partial charge in [0.25, 0.3) is 0 Å². The van der Waals surface area contributed by atoms with Crippen molar-refractivity contribution >= 4 is 17.6 Å². The summed E-state index contributed by atoms with van der Waals surface area (Å²) in [6, 6.07) is 11.5. The van der Waals surface area contributed by atoms with E-state index in [4.69, 9.17) is 4.74 Å². The number of carbonyl (C=O) groups is 2. The molecule has 1 aliphatic rings. The lowest BCUT2D eigenvalue weighted by molar-refractivity contribution is -0.115. The number of nitrogens with one attached hydrogen (secondary N) is 3. The van der Waals surface area contributed by atoms with E-state index < -0.39 is 0 Å². The fraction of sp³-hybridized carbons (Fsp3) is 0.440. The van der Waals surface area contributed by atoms with Crippen molar-refractivity contribution in [2.24, 2.45) is 0 Å². The topological polar surface area (TPSA) is 79.5 Å². The molecule has 6 heteroatoms. The van der Waals surface area contributed by atoms with Crippen LogP contribution in [0.5, 0.6) is 5.75 Å². The number of rotatable bonds is 7. The predicted octanol–water partition coefficient (Wildman–Crippen LogP) is 4.76. The molecule has 1 aliphatic carbocycles. The Labute approximate surface area is 184 Å². The molecule has 166 valence electrons. The van der Waals surface area contributed by atoms with Gasteiger partial charge in [-0.1, -0.05) is 36.2 Å². The van der Waals surface area contributed by atoms with E-state index in [1.807, 2.05) is 57.2 Å². The summed E-state index contributed by atoms with van der Waals surface area (Å²) in [7, 11) is 0. The highest BCUT2D eigenvalue weighted by molar-refractivity contribution is 5.95. The van der Waals surface area contributed by atoms with Gasteiger partial charge in [-0.3, -0.25) is 4.79 Å². The second-order valence-corrected chi connectivity index (χ2v) is 8.38. The van der Waals surface area contributed by atoms with Crippen LogP contribution in [-0.2, 0) is 11.3 Å². The van der Waals surface area contributed by atoms with Crippen LogP contribution in [-0.4, -0.2) is 24.6 Å². The molecule has 3 N–H and O–H groups in total. The zero-order valence-corrected chi connectivity index (χ0v) is 18.7. The van der Waals surface area contributed by atoms with Crippen molar-refractivity contribution < 1.29 is 14.3 Å². The number of ether oxygens (including phenoxy) is 1. The quantitative estimate of drug-likeness (QED) is 0.601. The van der Waals surface area contributed by atoms with Gasteiger partial charge < -0.3 is 20.7 Å². The minimum Gasteiger partial charge on any atom is -0.490 e. The molecule has 0 atom stereocenters. The molecule has 0 radical (unpaired) electrons. The Morgan fingerprint density at radius 3 is 2.39 bits per heavy atom. The lowest BCUT2D eigenvalue weighted by atomic mass is 9.98. The third kappa shape index (κ3) is 7.02. The minimum absolute atomic E-state index is 0.0938. The van der Waals surface area contributed by atoms with Crippen molar-refractivity contribution in [3.63, 3.8) is 0 Å². The Morgan fingerprint density at radius 1 is 0.968 bits per heavy atom. The molecule has 1 fully saturated rings. The molecule has 0 aliphatic heterocycles. The lowest BCUT2D eigenvalue weighted by Gasteiger charge is -2.23. The second kappa shape index (κ2) is 10.8. The average molecular weight is 424 g/mol. The Hall–Kier alpha value is -3.02. The SMILES string of the molecule is Cc1cc(C)c(NC(=O)CNC(=O)NCc2cccc(OC3CCCCC3)c2)c(C)c1. The highest BCUT2D eigenvalue weighted by atomic mass is 16.5. The van der Waals surface area contributed by atoms with Gasteiger partial charge in [0.1, 0.15) is 5.75 Å². The second-order valence-electron chi connectivity index (χ2n) is 8.38. The van der Waals surface area contributed by atoms with Crippen LogP contribution in [0.3, 0.4) is 0 Å². The van der Waals surface area contributed by atoms with Crippen molar-refractivity contribution in [1.82, 2.24) is 10.6 Å². The van der Waals surface area contributed by atoms with Gasteiger partial charge in [-0.2, -0.15) is 0 Å². The van der Waals surface area contributed by atoms with Gasteiger partial charge in [0.15, 0.2) is 0 Å². The summed E-state index contributed by atoms with van der Waals surface area (Å²) in [4.78, 5) is 24.4. The maximum Gasteiger partial charge on any atom is 0.315 e. The van der Waals surface area contributed by atoms with Crippen LogP contribution in [0.4, 0.5) is 10.5 Å². The maximum atomic E-state index is 12.2. The lowest BCUT2D eigenvalue weighted by Crippen LogP contribution is -2.39. The number of benzene rings is 2. The van der Waals surface area contributed by atoms with E-state index in [1.165, 1.54) is 19.3 Å². The van der Waals surface area contributed by atoms with Crippen molar-refractivity contribution in [3.05, 3.63) is 58.7 Å². The smallest absolute Gasteiger partial charge is 0.315 e. The Kier molecular flexibility index (Phi) is 7.93. The molecular weight excluding hydrogens is 390 g/mol. The highest BCUT2D eigenvalue weighted by Gasteiger charge is 2.15. The molecule has 3 rings (SSSR count). The van der Waals surface area contributed by atoms with Gasteiger partial charge in [-0.25, -0.2) is 4.79 Å². The first-order chi connectivity index (χ1) is 14.9. The van der Waals surface area contributed by atoms with Gasteiger partial charge >= 0.3 is 6.03 Å². The summed E-state index contributed by atoms with van der Waals surface area (Å²) in [6.45, 7) is 6.22. The minimum atomic E-state index is -0.383. The van der Waals surface area contributed by atoms with Crippen molar-refractivity contribution in [2.45, 2.75) is 65.5 Å². The Balaban J connectivity index is 1.43. The molecule has 0 bridgehead atoms. The van der Waals surface area contributed by atoms with Crippen LogP contribution in [0.25, 0.3) is 0 Å². The standard InChI is InChI=1S/C25H33N3O3/c1-17-12-18(2)24(19(3)13-17)28-23(29)16-27-25(30)26-15-20-8-7-11-22(14-20)31-21-9-5-4-6-10-21/h7-8,11-14,21H,4-6,9-10,15-16H2,1-3H3,(H,28,29)(H2,26,27,30). The summed E-state index contributed by atoms with van der Waals surface area (Å²) in [6.07, 6.45) is 6.25. The molecule has 3 amide bonds. The number of hydrogen-bond acceptors (Lipinski definition) is 3. The molecule has 2 aromatic rings. The summed E-state index contributed by atoms with van der Waals surface area (Å²) in [5, 5.41) is 8.29.